The molecule has 1 amide bonds. The highest BCUT2D eigenvalue weighted by atomic mass is 16.6. The number of rotatable bonds is 11. The van der Waals surface area contributed by atoms with Gasteiger partial charge in [0.2, 0.25) is 5.75 Å². The van der Waals surface area contributed by atoms with Crippen molar-refractivity contribution in [3.05, 3.63) is 47.5 Å². The van der Waals surface area contributed by atoms with Crippen molar-refractivity contribution >= 4 is 23.3 Å². The van der Waals surface area contributed by atoms with Gasteiger partial charge in [0.15, 0.2) is 23.4 Å². The molecular formula is C24H29NO7. The minimum absolute atomic E-state index is 0.0710. The van der Waals surface area contributed by atoms with Gasteiger partial charge in [0, 0.05) is 11.3 Å². The van der Waals surface area contributed by atoms with E-state index < -0.39 is 18.0 Å². The molecule has 2 rings (SSSR count). The average molecular weight is 443 g/mol. The monoisotopic (exact) mass is 443 g/mol. The fraction of sp³-hybridized carbons (Fsp3) is 0.375. The molecule has 1 N–H and O–H groups in total. The molecule has 8 nitrogen and oxygen atoms in total. The van der Waals surface area contributed by atoms with Crippen LogP contribution in [0.4, 0.5) is 5.69 Å². The van der Waals surface area contributed by atoms with Gasteiger partial charge in [0.25, 0.3) is 5.91 Å². The van der Waals surface area contributed by atoms with E-state index in [1.165, 1.54) is 26.0 Å². The first-order chi connectivity index (χ1) is 15.3. The highest BCUT2D eigenvalue weighted by Gasteiger charge is 2.23. The number of esters is 1. The van der Waals surface area contributed by atoms with Crippen LogP contribution < -0.4 is 19.5 Å². The third kappa shape index (κ3) is 6.47. The van der Waals surface area contributed by atoms with Gasteiger partial charge in [-0.05, 0) is 71.0 Å². The number of hydrogen-bond acceptors (Lipinski definition) is 7. The predicted octanol–water partition coefficient (Wildman–Crippen LogP) is 4.27. The van der Waals surface area contributed by atoms with E-state index in [0.717, 1.165) is 0 Å². The average Bonchev–Trinajstić information content (AvgIpc) is 2.76. The summed E-state index contributed by atoms with van der Waals surface area (Å²) in [4.78, 5) is 36.5. The van der Waals surface area contributed by atoms with Crippen LogP contribution in [0, 0.1) is 0 Å². The Morgan fingerprint density at radius 3 is 1.84 bits per heavy atom. The molecule has 0 saturated heterocycles. The topological polar surface area (TPSA) is 100 Å². The second-order valence-corrected chi connectivity index (χ2v) is 6.77. The van der Waals surface area contributed by atoms with Gasteiger partial charge in [-0.15, -0.1) is 0 Å². The molecule has 8 heteroatoms. The van der Waals surface area contributed by atoms with Crippen molar-refractivity contribution in [3.8, 4) is 17.2 Å². The van der Waals surface area contributed by atoms with Crippen molar-refractivity contribution in [3.63, 3.8) is 0 Å². The zero-order valence-electron chi connectivity index (χ0n) is 19.0. The first-order valence-electron chi connectivity index (χ1n) is 10.5. The number of hydrogen-bond donors (Lipinski definition) is 1. The third-order valence-electron chi connectivity index (χ3n) is 4.36. The minimum Gasteiger partial charge on any atom is -0.490 e. The quantitative estimate of drug-likeness (QED) is 0.409. The highest BCUT2D eigenvalue weighted by molar-refractivity contribution is 5.98. The molecule has 0 radical (unpaired) electrons. The van der Waals surface area contributed by atoms with Gasteiger partial charge < -0.3 is 24.3 Å². The Hall–Kier alpha value is -3.55. The minimum atomic E-state index is -1.06. The molecule has 0 saturated carbocycles. The number of carbonyl (C=O) groups is 3. The fourth-order valence-electron chi connectivity index (χ4n) is 2.82. The van der Waals surface area contributed by atoms with Crippen LogP contribution in [-0.2, 0) is 9.53 Å². The van der Waals surface area contributed by atoms with E-state index in [1.807, 2.05) is 20.8 Å². The van der Waals surface area contributed by atoms with Gasteiger partial charge in [-0.25, -0.2) is 4.79 Å². The summed E-state index contributed by atoms with van der Waals surface area (Å²) in [5, 5.41) is 2.66. The number of ketones is 1. The summed E-state index contributed by atoms with van der Waals surface area (Å²) in [6, 6.07) is 9.45. The second kappa shape index (κ2) is 11.7. The summed E-state index contributed by atoms with van der Waals surface area (Å²) in [6.45, 7) is 9.53. The zero-order chi connectivity index (χ0) is 23.7. The van der Waals surface area contributed by atoms with Gasteiger partial charge in [-0.2, -0.15) is 0 Å². The maximum Gasteiger partial charge on any atom is 0.339 e. The van der Waals surface area contributed by atoms with Crippen LogP contribution in [0.2, 0.25) is 0 Å². The smallest absolute Gasteiger partial charge is 0.339 e. The number of Topliss-reactive ketones (excluding diaryl/α,β-unsaturated/α-hetero) is 1. The van der Waals surface area contributed by atoms with Gasteiger partial charge in [0.05, 0.1) is 25.4 Å². The van der Waals surface area contributed by atoms with Crippen molar-refractivity contribution in [1.29, 1.82) is 0 Å². The number of anilines is 1. The van der Waals surface area contributed by atoms with Crippen molar-refractivity contribution < 1.29 is 33.3 Å². The maximum absolute atomic E-state index is 12.7. The number of amides is 1. The molecule has 0 aliphatic rings. The van der Waals surface area contributed by atoms with Crippen LogP contribution in [0.1, 0.15) is 55.3 Å². The van der Waals surface area contributed by atoms with Crippen LogP contribution in [0.3, 0.4) is 0 Å². The van der Waals surface area contributed by atoms with E-state index in [-0.39, 0.29) is 11.3 Å². The molecule has 0 fully saturated rings. The molecule has 172 valence electrons. The summed E-state index contributed by atoms with van der Waals surface area (Å²) in [5.41, 5.74) is 1.19. The van der Waals surface area contributed by atoms with Gasteiger partial charge in [-0.1, -0.05) is 0 Å². The molecule has 0 aliphatic heterocycles. The fourth-order valence-corrected chi connectivity index (χ4v) is 2.82. The van der Waals surface area contributed by atoms with Gasteiger partial charge in [0.1, 0.15) is 0 Å². The Kier molecular flexibility index (Phi) is 9.07. The first kappa shape index (κ1) is 24.7. The van der Waals surface area contributed by atoms with E-state index in [9.17, 15) is 14.4 Å². The Morgan fingerprint density at radius 1 is 0.844 bits per heavy atom. The molecule has 0 spiro atoms. The molecule has 0 aromatic heterocycles. The molecule has 2 aromatic rings. The lowest BCUT2D eigenvalue weighted by molar-refractivity contribution is -0.123. The molecule has 0 bridgehead atoms. The Balaban J connectivity index is 2.15. The largest absolute Gasteiger partial charge is 0.490 e. The molecular weight excluding hydrogens is 414 g/mol. The summed E-state index contributed by atoms with van der Waals surface area (Å²) < 4.78 is 22.2. The van der Waals surface area contributed by atoms with E-state index in [4.69, 9.17) is 18.9 Å². The lowest BCUT2D eigenvalue weighted by atomic mass is 10.1. The van der Waals surface area contributed by atoms with Crippen LogP contribution in [0.5, 0.6) is 17.2 Å². The van der Waals surface area contributed by atoms with Crippen molar-refractivity contribution in [2.24, 2.45) is 0 Å². The van der Waals surface area contributed by atoms with Crippen LogP contribution in [-0.4, -0.2) is 43.6 Å². The lowest BCUT2D eigenvalue weighted by Crippen LogP contribution is -2.30. The zero-order valence-corrected chi connectivity index (χ0v) is 19.0. The number of ether oxygens (including phenoxy) is 4. The summed E-state index contributed by atoms with van der Waals surface area (Å²) in [6.07, 6.45) is -1.06. The van der Waals surface area contributed by atoms with Crippen molar-refractivity contribution in [1.82, 2.24) is 0 Å². The summed E-state index contributed by atoms with van der Waals surface area (Å²) in [5.74, 6) is -0.157. The summed E-state index contributed by atoms with van der Waals surface area (Å²) in [7, 11) is 0. The van der Waals surface area contributed by atoms with E-state index in [0.29, 0.717) is 48.3 Å². The number of benzene rings is 2. The Morgan fingerprint density at radius 2 is 1.38 bits per heavy atom. The third-order valence-corrected chi connectivity index (χ3v) is 4.36. The lowest BCUT2D eigenvalue weighted by Gasteiger charge is -2.18. The molecule has 0 heterocycles. The highest BCUT2D eigenvalue weighted by Crippen LogP contribution is 2.39. The van der Waals surface area contributed by atoms with Gasteiger partial charge >= 0.3 is 5.97 Å². The van der Waals surface area contributed by atoms with Crippen molar-refractivity contribution in [2.75, 3.05) is 25.1 Å². The Bertz CT molecular complexity index is 926. The van der Waals surface area contributed by atoms with E-state index in [2.05, 4.69) is 5.32 Å². The molecule has 2 aromatic carbocycles. The number of carbonyl (C=O) groups excluding carboxylic acids is 3. The van der Waals surface area contributed by atoms with Gasteiger partial charge in [-0.3, -0.25) is 9.59 Å². The molecule has 1 atom stereocenters. The SMILES string of the molecule is CCOc1cc(C(=O)OC(C)C(=O)Nc2ccc(C(C)=O)cc2)cc(OCC)c1OCC. The van der Waals surface area contributed by atoms with Crippen LogP contribution in [0.25, 0.3) is 0 Å². The van der Waals surface area contributed by atoms with Crippen LogP contribution >= 0.6 is 0 Å². The molecule has 0 aliphatic carbocycles. The molecule has 32 heavy (non-hydrogen) atoms. The van der Waals surface area contributed by atoms with E-state index >= 15 is 0 Å². The standard InChI is InChI=1S/C24H29NO7/c1-6-29-20-13-18(14-21(30-7-2)22(20)31-8-3)24(28)32-16(5)23(27)25-19-11-9-17(10-12-19)15(4)26/h9-14,16H,6-8H2,1-5H3,(H,25,27). The second-order valence-electron chi connectivity index (χ2n) is 6.77. The molecule has 1 unspecified atom stereocenters. The number of nitrogens with one attached hydrogen (secondary N) is 1. The van der Waals surface area contributed by atoms with Crippen LogP contribution in [0.15, 0.2) is 36.4 Å². The first-order valence-corrected chi connectivity index (χ1v) is 10.5. The maximum atomic E-state index is 12.7. The normalized spacial score (nSPS) is 11.3. The Labute approximate surface area is 187 Å². The van der Waals surface area contributed by atoms with Crippen molar-refractivity contribution in [2.45, 2.75) is 40.7 Å². The van der Waals surface area contributed by atoms with E-state index in [1.54, 1.807) is 24.3 Å². The predicted molar refractivity (Wildman–Crippen MR) is 120 cm³/mol. The summed E-state index contributed by atoms with van der Waals surface area (Å²) >= 11 is 0.